The molecule has 3 rings (SSSR count). The van der Waals surface area contributed by atoms with Gasteiger partial charge in [-0.25, -0.2) is 4.39 Å². The predicted molar refractivity (Wildman–Crippen MR) is 102 cm³/mol. The van der Waals surface area contributed by atoms with E-state index in [4.69, 9.17) is 4.74 Å². The molecular formula is C21H27FN2O2. The van der Waals surface area contributed by atoms with Gasteiger partial charge in [-0.05, 0) is 55.7 Å². The largest absolute Gasteiger partial charge is 0.497 e. The van der Waals surface area contributed by atoms with E-state index in [1.165, 1.54) is 17.2 Å². The lowest BCUT2D eigenvalue weighted by Gasteiger charge is -2.34. The zero-order chi connectivity index (χ0) is 18.7. The van der Waals surface area contributed by atoms with Crippen molar-refractivity contribution in [1.82, 2.24) is 4.90 Å². The summed E-state index contributed by atoms with van der Waals surface area (Å²) in [5.41, 5.74) is 3.48. The van der Waals surface area contributed by atoms with Crippen LogP contribution in [0.3, 0.4) is 0 Å². The van der Waals surface area contributed by atoms with Crippen molar-refractivity contribution in [3.63, 3.8) is 0 Å². The van der Waals surface area contributed by atoms with E-state index in [1.54, 1.807) is 19.2 Å². The van der Waals surface area contributed by atoms with Crippen LogP contribution in [0.2, 0.25) is 0 Å². The molecule has 0 saturated carbocycles. The lowest BCUT2D eigenvalue weighted by Crippen LogP contribution is -2.41. The third-order valence-corrected chi connectivity index (χ3v) is 4.68. The molecule has 0 unspecified atom stereocenters. The fourth-order valence-electron chi connectivity index (χ4n) is 3.52. The third-order valence-electron chi connectivity index (χ3n) is 4.68. The highest BCUT2D eigenvalue weighted by atomic mass is 19.1. The topological polar surface area (TPSA) is 44.7 Å². The number of halogens is 1. The molecule has 0 fully saturated rings. The molecule has 1 heterocycles. The van der Waals surface area contributed by atoms with E-state index >= 15 is 0 Å². The Bertz CT molecular complexity index is 771. The first-order chi connectivity index (χ1) is 12.4. The molecule has 2 N–H and O–H groups in total. The SMILES string of the molecule is COc1ccc(F)c(CNc2cccc3c2CCN(CC(C)(C)O)C3)c1. The van der Waals surface area contributed by atoms with Crippen molar-refractivity contribution in [2.24, 2.45) is 0 Å². The van der Waals surface area contributed by atoms with Gasteiger partial charge in [-0.2, -0.15) is 0 Å². The number of nitrogens with one attached hydrogen (secondary N) is 1. The minimum atomic E-state index is -0.697. The molecule has 1 aliphatic heterocycles. The molecule has 0 saturated heterocycles. The Labute approximate surface area is 154 Å². The summed E-state index contributed by atoms with van der Waals surface area (Å²) in [5, 5.41) is 13.4. The normalized spacial score (nSPS) is 14.8. The first-order valence-electron chi connectivity index (χ1n) is 8.97. The second-order valence-electron chi connectivity index (χ2n) is 7.53. The molecule has 140 valence electrons. The highest BCUT2D eigenvalue weighted by molar-refractivity contribution is 5.56. The van der Waals surface area contributed by atoms with E-state index in [0.717, 1.165) is 25.2 Å². The number of nitrogens with zero attached hydrogens (tertiary/aromatic N) is 1. The van der Waals surface area contributed by atoms with Crippen molar-refractivity contribution in [3.8, 4) is 5.75 Å². The number of anilines is 1. The predicted octanol–water partition coefficient (Wildman–Crippen LogP) is 3.58. The molecule has 2 aromatic rings. The maximum absolute atomic E-state index is 14.0. The molecule has 0 aliphatic carbocycles. The molecule has 0 radical (unpaired) electrons. The summed E-state index contributed by atoms with van der Waals surface area (Å²) in [6, 6.07) is 11.0. The van der Waals surface area contributed by atoms with Crippen molar-refractivity contribution in [3.05, 3.63) is 58.9 Å². The number of hydrogen-bond acceptors (Lipinski definition) is 4. The highest BCUT2D eigenvalue weighted by Gasteiger charge is 2.23. The number of hydrogen-bond donors (Lipinski definition) is 2. The lowest BCUT2D eigenvalue weighted by molar-refractivity contribution is 0.0318. The van der Waals surface area contributed by atoms with Crippen molar-refractivity contribution < 1.29 is 14.2 Å². The second kappa shape index (κ2) is 7.64. The van der Waals surface area contributed by atoms with Crippen LogP contribution in [-0.2, 0) is 19.5 Å². The average molecular weight is 358 g/mol. The minimum Gasteiger partial charge on any atom is -0.497 e. The van der Waals surface area contributed by atoms with E-state index in [0.29, 0.717) is 24.4 Å². The average Bonchev–Trinajstić information content (AvgIpc) is 2.59. The molecular weight excluding hydrogens is 331 g/mol. The fourth-order valence-corrected chi connectivity index (χ4v) is 3.52. The van der Waals surface area contributed by atoms with Gasteiger partial charge in [-0.1, -0.05) is 12.1 Å². The molecule has 0 aromatic heterocycles. The first-order valence-corrected chi connectivity index (χ1v) is 8.97. The second-order valence-corrected chi connectivity index (χ2v) is 7.53. The Morgan fingerprint density at radius 2 is 2.08 bits per heavy atom. The van der Waals surface area contributed by atoms with Crippen molar-refractivity contribution in [2.75, 3.05) is 25.5 Å². The van der Waals surface area contributed by atoms with Gasteiger partial charge in [0.15, 0.2) is 0 Å². The van der Waals surface area contributed by atoms with Gasteiger partial charge in [-0.15, -0.1) is 0 Å². The number of methoxy groups -OCH3 is 1. The number of rotatable bonds is 6. The molecule has 0 bridgehead atoms. The van der Waals surface area contributed by atoms with E-state index < -0.39 is 5.60 Å². The smallest absolute Gasteiger partial charge is 0.128 e. The Morgan fingerprint density at radius 3 is 2.81 bits per heavy atom. The minimum absolute atomic E-state index is 0.237. The summed E-state index contributed by atoms with van der Waals surface area (Å²) in [4.78, 5) is 2.27. The summed E-state index contributed by atoms with van der Waals surface area (Å²) in [6.45, 7) is 6.46. The van der Waals surface area contributed by atoms with Gasteiger partial charge >= 0.3 is 0 Å². The number of ether oxygens (including phenoxy) is 1. The number of fused-ring (bicyclic) bond motifs is 1. The first kappa shape index (κ1) is 18.7. The van der Waals surface area contributed by atoms with Crippen LogP contribution in [0.25, 0.3) is 0 Å². The van der Waals surface area contributed by atoms with Gasteiger partial charge in [0.1, 0.15) is 11.6 Å². The van der Waals surface area contributed by atoms with Gasteiger partial charge in [0.2, 0.25) is 0 Å². The van der Waals surface area contributed by atoms with Crippen LogP contribution < -0.4 is 10.1 Å². The monoisotopic (exact) mass is 358 g/mol. The van der Waals surface area contributed by atoms with Crippen LogP contribution in [0.5, 0.6) is 5.75 Å². The molecule has 4 nitrogen and oxygen atoms in total. The molecule has 2 aromatic carbocycles. The summed E-state index contributed by atoms with van der Waals surface area (Å²) < 4.78 is 19.2. The third kappa shape index (κ3) is 4.54. The van der Waals surface area contributed by atoms with Gasteiger partial charge in [-0.3, -0.25) is 4.90 Å². The molecule has 0 amide bonds. The highest BCUT2D eigenvalue weighted by Crippen LogP contribution is 2.28. The van der Waals surface area contributed by atoms with Crippen LogP contribution in [-0.4, -0.2) is 35.8 Å². The maximum atomic E-state index is 14.0. The number of β-amino-alcohol motifs (C(OH)–C–C–N with tert-alkyl or cyclic N) is 1. The van der Waals surface area contributed by atoms with Gasteiger partial charge < -0.3 is 15.2 Å². The molecule has 5 heteroatoms. The summed E-state index contributed by atoms with van der Waals surface area (Å²) in [5.74, 6) is 0.417. The zero-order valence-corrected chi connectivity index (χ0v) is 15.7. The van der Waals surface area contributed by atoms with Crippen LogP contribution in [0.15, 0.2) is 36.4 Å². The lowest BCUT2D eigenvalue weighted by atomic mass is 9.96. The van der Waals surface area contributed by atoms with Gasteiger partial charge in [0.05, 0.1) is 12.7 Å². The molecule has 0 spiro atoms. The van der Waals surface area contributed by atoms with E-state index in [9.17, 15) is 9.50 Å². The number of benzene rings is 2. The Kier molecular flexibility index (Phi) is 5.49. The van der Waals surface area contributed by atoms with E-state index in [-0.39, 0.29) is 5.82 Å². The maximum Gasteiger partial charge on any atom is 0.128 e. The van der Waals surface area contributed by atoms with Crippen molar-refractivity contribution >= 4 is 5.69 Å². The number of aliphatic hydroxyl groups is 1. The fraction of sp³-hybridized carbons (Fsp3) is 0.429. The summed E-state index contributed by atoms with van der Waals surface area (Å²) in [6.07, 6.45) is 0.912. The molecule has 1 aliphatic rings. The zero-order valence-electron chi connectivity index (χ0n) is 15.7. The molecule has 0 atom stereocenters. The van der Waals surface area contributed by atoms with Crippen LogP contribution in [0.1, 0.15) is 30.5 Å². The molecule has 26 heavy (non-hydrogen) atoms. The van der Waals surface area contributed by atoms with E-state index in [2.05, 4.69) is 16.3 Å². The van der Waals surface area contributed by atoms with Crippen molar-refractivity contribution in [2.45, 2.75) is 39.0 Å². The van der Waals surface area contributed by atoms with E-state index in [1.807, 2.05) is 26.0 Å². The van der Waals surface area contributed by atoms with Gasteiger partial charge in [0.25, 0.3) is 0 Å². The van der Waals surface area contributed by atoms with Crippen molar-refractivity contribution in [1.29, 1.82) is 0 Å². The Morgan fingerprint density at radius 1 is 1.27 bits per heavy atom. The van der Waals surface area contributed by atoms with Crippen LogP contribution in [0.4, 0.5) is 10.1 Å². The van der Waals surface area contributed by atoms with Crippen LogP contribution in [0, 0.1) is 5.82 Å². The van der Waals surface area contributed by atoms with Crippen LogP contribution >= 0.6 is 0 Å². The Balaban J connectivity index is 1.72. The van der Waals surface area contributed by atoms with Gasteiger partial charge in [0, 0.05) is 37.4 Å². The standard InChI is InChI=1S/C21H27FN2O2/c1-21(2,25)14-24-10-9-18-15(13-24)5-4-6-20(18)23-12-16-11-17(26-3)7-8-19(16)22/h4-8,11,23,25H,9-10,12-14H2,1-3H3. The summed E-state index contributed by atoms with van der Waals surface area (Å²) >= 11 is 0. The quantitative estimate of drug-likeness (QED) is 0.829. The summed E-state index contributed by atoms with van der Waals surface area (Å²) in [7, 11) is 1.58. The Hall–Kier alpha value is -2.11.